The van der Waals surface area contributed by atoms with Crippen LogP contribution in [-0.2, 0) is 6.61 Å². The number of aromatic nitrogens is 2. The monoisotopic (exact) mass is 384 g/mol. The van der Waals surface area contributed by atoms with E-state index in [1.165, 1.54) is 0 Å². The Morgan fingerprint density at radius 2 is 2.00 bits per heavy atom. The first-order chi connectivity index (χ1) is 10.0. The van der Waals surface area contributed by atoms with Gasteiger partial charge in [-0.05, 0) is 46.6 Å². The van der Waals surface area contributed by atoms with Gasteiger partial charge in [-0.3, -0.25) is 4.40 Å². The molecule has 3 rings (SSSR count). The number of benzene rings is 1. The van der Waals surface area contributed by atoms with Gasteiger partial charge < -0.3 is 5.11 Å². The van der Waals surface area contributed by atoms with Gasteiger partial charge in [0.15, 0.2) is 0 Å². The maximum Gasteiger partial charge on any atom is 0.140 e. The van der Waals surface area contributed by atoms with Crippen molar-refractivity contribution in [1.29, 1.82) is 0 Å². The topological polar surface area (TPSA) is 37.5 Å². The first-order valence-corrected chi connectivity index (χ1v) is 7.79. The highest BCUT2D eigenvalue weighted by atomic mass is 79.9. The van der Waals surface area contributed by atoms with Gasteiger partial charge in [0, 0.05) is 16.2 Å². The number of aliphatic hydroxyl groups is 1. The van der Waals surface area contributed by atoms with E-state index in [0.29, 0.717) is 21.4 Å². The average molecular weight is 386 g/mol. The molecule has 0 aliphatic rings. The summed E-state index contributed by atoms with van der Waals surface area (Å²) < 4.78 is 2.82. The Morgan fingerprint density at radius 3 is 2.67 bits per heavy atom. The Bertz CT molecular complexity index is 845. The van der Waals surface area contributed by atoms with Crippen LogP contribution >= 0.6 is 39.1 Å². The average Bonchev–Trinajstić information content (AvgIpc) is 2.80. The zero-order chi connectivity index (χ0) is 15.1. The lowest BCUT2D eigenvalue weighted by molar-refractivity contribution is 0.276. The summed E-state index contributed by atoms with van der Waals surface area (Å²) in [5, 5.41) is 10.7. The third-order valence-corrected chi connectivity index (χ3v) is 4.49. The Morgan fingerprint density at radius 1 is 1.24 bits per heavy atom. The van der Waals surface area contributed by atoms with Crippen LogP contribution in [-0.4, -0.2) is 14.5 Å². The summed E-state index contributed by atoms with van der Waals surface area (Å²) in [5.74, 6) is 0. The zero-order valence-electron chi connectivity index (χ0n) is 11.1. The number of pyridine rings is 1. The zero-order valence-corrected chi connectivity index (χ0v) is 14.2. The quantitative estimate of drug-likeness (QED) is 0.683. The number of hydrogen-bond donors (Lipinski definition) is 1. The number of fused-ring (bicyclic) bond motifs is 1. The third kappa shape index (κ3) is 2.57. The maximum absolute atomic E-state index is 9.74. The van der Waals surface area contributed by atoms with E-state index in [4.69, 9.17) is 23.2 Å². The number of nitrogens with zero attached hydrogens (tertiary/aromatic N) is 2. The molecule has 0 unspecified atom stereocenters. The first kappa shape index (κ1) is 14.9. The molecule has 6 heteroatoms. The molecule has 0 amide bonds. The van der Waals surface area contributed by atoms with Crippen molar-refractivity contribution in [2.75, 3.05) is 0 Å². The second kappa shape index (κ2) is 5.61. The second-order valence-corrected chi connectivity index (χ2v) is 6.46. The van der Waals surface area contributed by atoms with Gasteiger partial charge in [-0.1, -0.05) is 29.3 Å². The van der Waals surface area contributed by atoms with Crippen molar-refractivity contribution in [3.8, 4) is 11.3 Å². The Labute approximate surface area is 140 Å². The van der Waals surface area contributed by atoms with Crippen LogP contribution in [0.2, 0.25) is 10.0 Å². The van der Waals surface area contributed by atoms with Crippen molar-refractivity contribution >= 4 is 44.8 Å². The van der Waals surface area contributed by atoms with Gasteiger partial charge >= 0.3 is 0 Å². The number of halogens is 3. The lowest BCUT2D eigenvalue weighted by Crippen LogP contribution is -1.95. The smallest absolute Gasteiger partial charge is 0.140 e. The van der Waals surface area contributed by atoms with E-state index in [1.807, 2.05) is 29.7 Å². The van der Waals surface area contributed by atoms with Crippen LogP contribution in [0.1, 0.15) is 11.3 Å². The predicted molar refractivity (Wildman–Crippen MR) is 89.0 cm³/mol. The van der Waals surface area contributed by atoms with Crippen molar-refractivity contribution < 1.29 is 5.11 Å². The molecular weight excluding hydrogens is 375 g/mol. The lowest BCUT2D eigenvalue weighted by atomic mass is 10.1. The summed E-state index contributed by atoms with van der Waals surface area (Å²) in [6.07, 6.45) is 1.89. The highest BCUT2D eigenvalue weighted by Crippen LogP contribution is 2.31. The fraction of sp³-hybridized carbons (Fsp3) is 0.133. The fourth-order valence-corrected chi connectivity index (χ4v) is 3.19. The molecule has 2 aromatic heterocycles. The Hall–Kier alpha value is -1.07. The molecule has 0 bridgehead atoms. The molecular formula is C15H11BrCl2N2O. The van der Waals surface area contributed by atoms with Crippen LogP contribution in [0.5, 0.6) is 0 Å². The van der Waals surface area contributed by atoms with Gasteiger partial charge in [-0.2, -0.15) is 0 Å². The Balaban J connectivity index is 2.31. The molecule has 0 saturated heterocycles. The summed E-state index contributed by atoms with van der Waals surface area (Å²) in [4.78, 5) is 4.65. The van der Waals surface area contributed by atoms with Crippen molar-refractivity contribution in [2.45, 2.75) is 13.5 Å². The minimum atomic E-state index is -0.118. The van der Waals surface area contributed by atoms with Crippen LogP contribution in [0.3, 0.4) is 0 Å². The summed E-state index contributed by atoms with van der Waals surface area (Å²) in [6.45, 7) is 1.86. The number of hydrogen-bond acceptors (Lipinski definition) is 2. The van der Waals surface area contributed by atoms with Crippen LogP contribution in [0, 0.1) is 6.92 Å². The molecule has 1 aromatic carbocycles. The molecule has 0 saturated carbocycles. The summed E-state index contributed by atoms with van der Waals surface area (Å²) in [5.41, 5.74) is 4.08. The molecule has 3 aromatic rings. The van der Waals surface area contributed by atoms with Crippen molar-refractivity contribution in [2.24, 2.45) is 0 Å². The predicted octanol–water partition coefficient (Wildman–Crippen LogP) is 4.87. The van der Waals surface area contributed by atoms with Gasteiger partial charge in [-0.25, -0.2) is 4.98 Å². The highest BCUT2D eigenvalue weighted by molar-refractivity contribution is 9.10. The minimum Gasteiger partial charge on any atom is -0.390 e. The van der Waals surface area contributed by atoms with E-state index in [0.717, 1.165) is 21.2 Å². The van der Waals surface area contributed by atoms with Crippen LogP contribution < -0.4 is 0 Å². The molecule has 0 fully saturated rings. The van der Waals surface area contributed by atoms with Gasteiger partial charge in [0.25, 0.3) is 0 Å². The van der Waals surface area contributed by atoms with Gasteiger partial charge in [0.05, 0.1) is 28.0 Å². The minimum absolute atomic E-state index is 0.118. The molecule has 0 atom stereocenters. The number of aryl methyl sites for hydroxylation is 1. The molecule has 108 valence electrons. The second-order valence-electron chi connectivity index (χ2n) is 4.73. The SMILES string of the molecule is Cc1cc(Br)cn2c(CO)c(-c3ccc(Cl)c(Cl)c3)nc12. The molecule has 2 heterocycles. The summed E-state index contributed by atoms with van der Waals surface area (Å²) in [7, 11) is 0. The van der Waals surface area contributed by atoms with Crippen molar-refractivity contribution in [3.63, 3.8) is 0 Å². The third-order valence-electron chi connectivity index (χ3n) is 3.31. The maximum atomic E-state index is 9.74. The van der Waals surface area contributed by atoms with Crippen molar-refractivity contribution in [3.05, 3.63) is 56.2 Å². The summed E-state index contributed by atoms with van der Waals surface area (Å²) >= 11 is 15.5. The van der Waals surface area contributed by atoms with Gasteiger partial charge in [0.2, 0.25) is 0 Å². The van der Waals surface area contributed by atoms with E-state index in [1.54, 1.807) is 12.1 Å². The van der Waals surface area contributed by atoms with Crippen LogP contribution in [0.4, 0.5) is 0 Å². The molecule has 21 heavy (non-hydrogen) atoms. The van der Waals surface area contributed by atoms with Crippen molar-refractivity contribution in [1.82, 2.24) is 9.38 Å². The van der Waals surface area contributed by atoms with E-state index in [-0.39, 0.29) is 6.61 Å². The lowest BCUT2D eigenvalue weighted by Gasteiger charge is -2.04. The van der Waals surface area contributed by atoms with Crippen LogP contribution in [0.25, 0.3) is 16.9 Å². The van der Waals surface area contributed by atoms with Gasteiger partial charge in [0.1, 0.15) is 5.65 Å². The van der Waals surface area contributed by atoms with Crippen LogP contribution in [0.15, 0.2) is 34.9 Å². The number of aliphatic hydroxyl groups excluding tert-OH is 1. The normalized spacial score (nSPS) is 11.3. The largest absolute Gasteiger partial charge is 0.390 e. The number of imidazole rings is 1. The first-order valence-electron chi connectivity index (χ1n) is 6.24. The standard InChI is InChI=1S/C15H11BrCl2N2O/c1-8-4-10(16)6-20-13(7-21)14(19-15(8)20)9-2-3-11(17)12(18)5-9/h2-6,21H,7H2,1H3. The molecule has 0 radical (unpaired) electrons. The van der Waals surface area contributed by atoms with E-state index < -0.39 is 0 Å². The van der Waals surface area contributed by atoms with E-state index in [9.17, 15) is 5.11 Å². The molecule has 0 aliphatic heterocycles. The highest BCUT2D eigenvalue weighted by Gasteiger charge is 2.16. The molecule has 3 nitrogen and oxygen atoms in total. The number of rotatable bonds is 2. The van der Waals surface area contributed by atoms with E-state index in [2.05, 4.69) is 20.9 Å². The molecule has 0 aliphatic carbocycles. The Kier molecular flexibility index (Phi) is 3.97. The molecule has 1 N–H and O–H groups in total. The van der Waals surface area contributed by atoms with Gasteiger partial charge in [-0.15, -0.1) is 0 Å². The van der Waals surface area contributed by atoms with E-state index >= 15 is 0 Å². The molecule has 0 spiro atoms. The fourth-order valence-electron chi connectivity index (χ4n) is 2.34. The summed E-state index contributed by atoms with van der Waals surface area (Å²) in [6, 6.07) is 7.32.